The largest absolute Gasteiger partial charge is 0.481 e. The van der Waals surface area contributed by atoms with Crippen LogP contribution in [0, 0.1) is 0 Å². The minimum atomic E-state index is -0.920. The van der Waals surface area contributed by atoms with Crippen LogP contribution in [0.4, 0.5) is 10.6 Å². The molecule has 9 heteroatoms. The van der Waals surface area contributed by atoms with Gasteiger partial charge in [0.25, 0.3) is 5.91 Å². The summed E-state index contributed by atoms with van der Waals surface area (Å²) < 4.78 is 6.89. The smallest absolute Gasteiger partial charge is 0.412 e. The second-order valence-corrected chi connectivity index (χ2v) is 7.74. The number of nitrogens with zero attached hydrogens (tertiary/aromatic N) is 2. The van der Waals surface area contributed by atoms with Crippen molar-refractivity contribution in [2.45, 2.75) is 18.8 Å². The van der Waals surface area contributed by atoms with Crippen LogP contribution in [0.5, 0.6) is 0 Å². The van der Waals surface area contributed by atoms with Gasteiger partial charge in [-0.15, -0.1) is 0 Å². The van der Waals surface area contributed by atoms with Crippen molar-refractivity contribution in [2.75, 3.05) is 18.5 Å². The molecule has 3 aromatic rings. The molecule has 170 valence electrons. The van der Waals surface area contributed by atoms with E-state index in [0.717, 1.165) is 22.3 Å². The number of aliphatic carboxylic acids is 1. The van der Waals surface area contributed by atoms with E-state index in [4.69, 9.17) is 9.84 Å². The van der Waals surface area contributed by atoms with Crippen LogP contribution in [0.15, 0.2) is 54.6 Å². The number of fused-ring (bicyclic) bond motifs is 3. The molecule has 0 bridgehead atoms. The van der Waals surface area contributed by atoms with Crippen molar-refractivity contribution in [2.24, 2.45) is 7.05 Å². The molecule has 0 unspecified atom stereocenters. The minimum absolute atomic E-state index is 0.0307. The van der Waals surface area contributed by atoms with Crippen molar-refractivity contribution in [3.63, 3.8) is 0 Å². The van der Waals surface area contributed by atoms with E-state index in [0.29, 0.717) is 12.2 Å². The molecule has 0 aliphatic heterocycles. The Hall–Kier alpha value is -4.14. The monoisotopic (exact) mass is 448 g/mol. The average Bonchev–Trinajstić information content (AvgIpc) is 3.33. The van der Waals surface area contributed by atoms with E-state index in [2.05, 4.69) is 27.9 Å². The normalized spacial score (nSPS) is 12.0. The third kappa shape index (κ3) is 4.87. The summed E-state index contributed by atoms with van der Waals surface area (Å²) in [6.07, 6.45) is -0.358. The van der Waals surface area contributed by atoms with Crippen molar-refractivity contribution in [1.29, 1.82) is 0 Å². The summed E-state index contributed by atoms with van der Waals surface area (Å²) in [5.74, 6) is -1.11. The number of rotatable bonds is 8. The zero-order chi connectivity index (χ0) is 23.4. The fraction of sp³-hybridized carbons (Fsp3) is 0.250. The molecular formula is C24H24N4O5. The van der Waals surface area contributed by atoms with Gasteiger partial charge in [0.2, 0.25) is 0 Å². The predicted molar refractivity (Wildman–Crippen MR) is 121 cm³/mol. The van der Waals surface area contributed by atoms with E-state index < -0.39 is 18.0 Å². The fourth-order valence-corrected chi connectivity index (χ4v) is 3.97. The first kappa shape index (κ1) is 22.1. The Labute approximate surface area is 190 Å². The lowest BCUT2D eigenvalue weighted by Gasteiger charge is -2.14. The first-order valence-corrected chi connectivity index (χ1v) is 10.6. The van der Waals surface area contributed by atoms with Gasteiger partial charge in [-0.1, -0.05) is 48.5 Å². The minimum Gasteiger partial charge on any atom is -0.481 e. The molecule has 0 saturated heterocycles. The van der Waals surface area contributed by atoms with E-state index in [1.807, 2.05) is 36.4 Å². The Morgan fingerprint density at radius 3 is 2.33 bits per heavy atom. The summed E-state index contributed by atoms with van der Waals surface area (Å²) in [6.45, 7) is 0.394. The Morgan fingerprint density at radius 1 is 1.06 bits per heavy atom. The van der Waals surface area contributed by atoms with E-state index in [1.54, 1.807) is 7.05 Å². The van der Waals surface area contributed by atoms with Crippen LogP contribution in [-0.4, -0.2) is 46.0 Å². The van der Waals surface area contributed by atoms with E-state index >= 15 is 0 Å². The number of carbonyl (C=O) groups excluding carboxylic acids is 2. The van der Waals surface area contributed by atoms with Gasteiger partial charge in [0.15, 0.2) is 5.69 Å². The molecule has 2 aromatic carbocycles. The molecule has 1 aliphatic carbocycles. The van der Waals surface area contributed by atoms with Crippen molar-refractivity contribution in [1.82, 2.24) is 15.1 Å². The maximum absolute atomic E-state index is 12.5. The van der Waals surface area contributed by atoms with Gasteiger partial charge in [0.1, 0.15) is 12.4 Å². The molecule has 0 atom stereocenters. The number of carboxylic acid groups (broad SMARTS) is 1. The van der Waals surface area contributed by atoms with E-state index in [-0.39, 0.29) is 31.2 Å². The third-order valence-corrected chi connectivity index (χ3v) is 5.54. The number of nitrogens with one attached hydrogen (secondary N) is 2. The van der Waals surface area contributed by atoms with Crippen molar-refractivity contribution in [3.05, 3.63) is 71.4 Å². The molecule has 4 rings (SSSR count). The van der Waals surface area contributed by atoms with Gasteiger partial charge in [0.05, 0.1) is 0 Å². The van der Waals surface area contributed by atoms with Gasteiger partial charge in [-0.25, -0.2) is 4.79 Å². The summed E-state index contributed by atoms with van der Waals surface area (Å²) in [7, 11) is 1.60. The highest BCUT2D eigenvalue weighted by molar-refractivity contribution is 5.94. The molecule has 33 heavy (non-hydrogen) atoms. The summed E-state index contributed by atoms with van der Waals surface area (Å²) in [5.41, 5.74) is 4.64. The lowest BCUT2D eigenvalue weighted by molar-refractivity contribution is -0.137. The van der Waals surface area contributed by atoms with Gasteiger partial charge in [-0.3, -0.25) is 19.6 Å². The standard InChI is InChI=1S/C24H24N4O5/c1-28-21(13-20(27-28)23(31)25-12-6-11-22(29)30)26-24(32)33-14-19-17-9-4-2-7-15(17)16-8-3-5-10-18(16)19/h2-5,7-10,13,19H,6,11-12,14H2,1H3,(H,25,31)(H,26,32)(H,29,30). The molecule has 1 aliphatic rings. The van der Waals surface area contributed by atoms with Gasteiger partial charge in [0, 0.05) is 32.0 Å². The molecule has 9 nitrogen and oxygen atoms in total. The van der Waals surface area contributed by atoms with Crippen LogP contribution < -0.4 is 10.6 Å². The number of hydrogen-bond acceptors (Lipinski definition) is 5. The SMILES string of the molecule is Cn1nc(C(=O)NCCCC(=O)O)cc1NC(=O)OCC1c2ccccc2-c2ccccc21. The summed E-state index contributed by atoms with van der Waals surface area (Å²) >= 11 is 0. The summed E-state index contributed by atoms with van der Waals surface area (Å²) in [6, 6.07) is 17.6. The van der Waals surface area contributed by atoms with Crippen LogP contribution in [-0.2, 0) is 16.6 Å². The Kier molecular flexibility index (Phi) is 6.39. The van der Waals surface area contributed by atoms with E-state index in [1.165, 1.54) is 10.7 Å². The highest BCUT2D eigenvalue weighted by Gasteiger charge is 2.29. The lowest BCUT2D eigenvalue weighted by Crippen LogP contribution is -2.25. The number of hydrogen-bond donors (Lipinski definition) is 3. The number of carbonyl (C=O) groups is 3. The fourth-order valence-electron chi connectivity index (χ4n) is 3.97. The predicted octanol–water partition coefficient (Wildman–Crippen LogP) is 3.38. The molecular weight excluding hydrogens is 424 g/mol. The van der Waals surface area contributed by atoms with Gasteiger partial charge < -0.3 is 15.2 Å². The van der Waals surface area contributed by atoms with Gasteiger partial charge in [-0.05, 0) is 28.7 Å². The Bertz CT molecular complexity index is 1160. The number of aromatic nitrogens is 2. The molecule has 0 fully saturated rings. The van der Waals surface area contributed by atoms with Crippen LogP contribution in [0.25, 0.3) is 11.1 Å². The molecule has 0 saturated carbocycles. The summed E-state index contributed by atoms with van der Waals surface area (Å²) in [4.78, 5) is 35.2. The third-order valence-electron chi connectivity index (χ3n) is 5.54. The topological polar surface area (TPSA) is 123 Å². The quantitative estimate of drug-likeness (QED) is 0.454. The number of ether oxygens (including phenoxy) is 1. The molecule has 0 radical (unpaired) electrons. The zero-order valence-electron chi connectivity index (χ0n) is 18.1. The van der Waals surface area contributed by atoms with Crippen molar-refractivity contribution >= 4 is 23.8 Å². The highest BCUT2D eigenvalue weighted by Crippen LogP contribution is 2.44. The molecule has 0 spiro atoms. The summed E-state index contributed by atoms with van der Waals surface area (Å²) in [5, 5.41) is 18.0. The lowest BCUT2D eigenvalue weighted by atomic mass is 9.98. The van der Waals surface area contributed by atoms with Crippen molar-refractivity contribution in [3.8, 4) is 11.1 Å². The number of aryl methyl sites for hydroxylation is 1. The molecule has 3 N–H and O–H groups in total. The number of benzene rings is 2. The number of carboxylic acids is 1. The molecule has 1 heterocycles. The Morgan fingerprint density at radius 2 is 1.70 bits per heavy atom. The highest BCUT2D eigenvalue weighted by atomic mass is 16.5. The maximum Gasteiger partial charge on any atom is 0.412 e. The molecule has 2 amide bonds. The zero-order valence-corrected chi connectivity index (χ0v) is 18.1. The van der Waals surface area contributed by atoms with Gasteiger partial charge >= 0.3 is 12.1 Å². The number of amides is 2. The second kappa shape index (κ2) is 9.56. The van der Waals surface area contributed by atoms with Crippen LogP contribution in [0.1, 0.15) is 40.4 Å². The number of anilines is 1. The first-order chi connectivity index (χ1) is 15.9. The van der Waals surface area contributed by atoms with Gasteiger partial charge in [-0.2, -0.15) is 5.10 Å². The van der Waals surface area contributed by atoms with Crippen LogP contribution >= 0.6 is 0 Å². The maximum atomic E-state index is 12.5. The van der Waals surface area contributed by atoms with E-state index in [9.17, 15) is 14.4 Å². The molecule has 1 aromatic heterocycles. The van der Waals surface area contributed by atoms with Crippen molar-refractivity contribution < 1.29 is 24.2 Å². The average molecular weight is 448 g/mol. The first-order valence-electron chi connectivity index (χ1n) is 10.6. The van der Waals surface area contributed by atoms with Crippen LogP contribution in [0.2, 0.25) is 0 Å². The van der Waals surface area contributed by atoms with Crippen LogP contribution in [0.3, 0.4) is 0 Å². The Balaban J connectivity index is 1.35. The second-order valence-electron chi connectivity index (χ2n) is 7.74.